The molecule has 0 aliphatic rings. The second-order valence-corrected chi connectivity index (χ2v) is 6.07. The fraction of sp³-hybridized carbons (Fsp3) is 0.150. The number of amides is 2. The van der Waals surface area contributed by atoms with Crippen LogP contribution in [-0.2, 0) is 11.3 Å². The SMILES string of the molecule is CC(=O)Nc1ccc(C)c(NC(=O)c2ccc(Cn3cccn3)cc2)c1. The number of hydrogen-bond acceptors (Lipinski definition) is 3. The number of aryl methyl sites for hydroxylation is 1. The van der Waals surface area contributed by atoms with Crippen molar-refractivity contribution in [1.29, 1.82) is 0 Å². The Morgan fingerprint density at radius 3 is 2.50 bits per heavy atom. The number of anilines is 2. The molecule has 6 nitrogen and oxygen atoms in total. The Labute approximate surface area is 151 Å². The third-order valence-electron chi connectivity index (χ3n) is 3.93. The van der Waals surface area contributed by atoms with E-state index in [1.165, 1.54) is 6.92 Å². The molecular weight excluding hydrogens is 328 g/mol. The van der Waals surface area contributed by atoms with Crippen molar-refractivity contribution in [3.05, 3.63) is 77.6 Å². The molecule has 2 N–H and O–H groups in total. The minimum Gasteiger partial charge on any atom is -0.326 e. The number of carbonyl (C=O) groups excluding carboxylic acids is 2. The predicted molar refractivity (Wildman–Crippen MR) is 101 cm³/mol. The van der Waals surface area contributed by atoms with Crippen molar-refractivity contribution in [3.63, 3.8) is 0 Å². The van der Waals surface area contributed by atoms with Crippen LogP contribution in [0.5, 0.6) is 0 Å². The van der Waals surface area contributed by atoms with Gasteiger partial charge in [0.15, 0.2) is 0 Å². The van der Waals surface area contributed by atoms with Crippen molar-refractivity contribution < 1.29 is 9.59 Å². The van der Waals surface area contributed by atoms with Crippen LogP contribution in [0.1, 0.15) is 28.4 Å². The quantitative estimate of drug-likeness (QED) is 0.741. The average molecular weight is 348 g/mol. The first-order valence-electron chi connectivity index (χ1n) is 8.27. The summed E-state index contributed by atoms with van der Waals surface area (Å²) in [6.07, 6.45) is 3.63. The van der Waals surface area contributed by atoms with Crippen LogP contribution in [0, 0.1) is 6.92 Å². The summed E-state index contributed by atoms with van der Waals surface area (Å²) in [6.45, 7) is 4.01. The third-order valence-corrected chi connectivity index (χ3v) is 3.93. The van der Waals surface area contributed by atoms with Gasteiger partial charge >= 0.3 is 0 Å². The van der Waals surface area contributed by atoms with Crippen LogP contribution in [0.4, 0.5) is 11.4 Å². The molecule has 26 heavy (non-hydrogen) atoms. The molecule has 3 aromatic rings. The Hall–Kier alpha value is -3.41. The van der Waals surface area contributed by atoms with Gasteiger partial charge < -0.3 is 10.6 Å². The largest absolute Gasteiger partial charge is 0.326 e. The highest BCUT2D eigenvalue weighted by Gasteiger charge is 2.09. The zero-order chi connectivity index (χ0) is 18.5. The van der Waals surface area contributed by atoms with Gasteiger partial charge in [-0.05, 0) is 48.4 Å². The maximum atomic E-state index is 12.5. The number of benzene rings is 2. The molecule has 2 aromatic carbocycles. The van der Waals surface area contributed by atoms with Gasteiger partial charge in [0.1, 0.15) is 0 Å². The molecule has 6 heteroatoms. The van der Waals surface area contributed by atoms with Gasteiger partial charge in [0.25, 0.3) is 5.91 Å². The minimum absolute atomic E-state index is 0.154. The van der Waals surface area contributed by atoms with Gasteiger partial charge in [-0.15, -0.1) is 0 Å². The summed E-state index contributed by atoms with van der Waals surface area (Å²) in [4.78, 5) is 23.7. The molecule has 0 aliphatic heterocycles. The molecule has 1 heterocycles. The number of aromatic nitrogens is 2. The Balaban J connectivity index is 1.70. The van der Waals surface area contributed by atoms with E-state index in [0.717, 1.165) is 11.1 Å². The van der Waals surface area contributed by atoms with Crippen LogP contribution in [0.25, 0.3) is 0 Å². The van der Waals surface area contributed by atoms with E-state index >= 15 is 0 Å². The number of rotatable bonds is 5. The van der Waals surface area contributed by atoms with E-state index < -0.39 is 0 Å². The molecule has 0 atom stereocenters. The first kappa shape index (κ1) is 17.4. The van der Waals surface area contributed by atoms with E-state index in [1.54, 1.807) is 30.5 Å². The van der Waals surface area contributed by atoms with Gasteiger partial charge in [0.2, 0.25) is 5.91 Å². The fourth-order valence-corrected chi connectivity index (χ4v) is 2.57. The van der Waals surface area contributed by atoms with Gasteiger partial charge in [-0.3, -0.25) is 14.3 Å². The van der Waals surface area contributed by atoms with Gasteiger partial charge in [-0.1, -0.05) is 18.2 Å². The van der Waals surface area contributed by atoms with E-state index in [4.69, 9.17) is 0 Å². The molecule has 0 bridgehead atoms. The van der Waals surface area contributed by atoms with Crippen molar-refractivity contribution in [2.75, 3.05) is 10.6 Å². The number of nitrogens with one attached hydrogen (secondary N) is 2. The lowest BCUT2D eigenvalue weighted by molar-refractivity contribution is -0.114. The molecule has 0 saturated carbocycles. The normalized spacial score (nSPS) is 10.4. The molecular formula is C20H20N4O2. The third kappa shape index (κ3) is 4.36. The smallest absolute Gasteiger partial charge is 0.255 e. The molecule has 0 radical (unpaired) electrons. The van der Waals surface area contributed by atoms with E-state index in [2.05, 4.69) is 15.7 Å². The average Bonchev–Trinajstić information content (AvgIpc) is 3.11. The van der Waals surface area contributed by atoms with Crippen LogP contribution in [0.2, 0.25) is 0 Å². The number of hydrogen-bond donors (Lipinski definition) is 2. The van der Waals surface area contributed by atoms with Crippen LogP contribution >= 0.6 is 0 Å². The fourth-order valence-electron chi connectivity index (χ4n) is 2.57. The summed E-state index contributed by atoms with van der Waals surface area (Å²) in [6, 6.07) is 14.7. The molecule has 3 rings (SSSR count). The zero-order valence-corrected chi connectivity index (χ0v) is 14.7. The predicted octanol–water partition coefficient (Wildman–Crippen LogP) is 3.45. The van der Waals surface area contributed by atoms with Crippen molar-refractivity contribution in [1.82, 2.24) is 9.78 Å². The summed E-state index contributed by atoms with van der Waals surface area (Å²) in [5.41, 5.74) is 3.87. The second-order valence-electron chi connectivity index (χ2n) is 6.07. The van der Waals surface area contributed by atoms with E-state index in [-0.39, 0.29) is 11.8 Å². The van der Waals surface area contributed by atoms with E-state index in [9.17, 15) is 9.59 Å². The van der Waals surface area contributed by atoms with Crippen LogP contribution in [0.15, 0.2) is 60.9 Å². The van der Waals surface area contributed by atoms with Crippen molar-refractivity contribution >= 4 is 23.2 Å². The van der Waals surface area contributed by atoms with Crippen LogP contribution in [-0.4, -0.2) is 21.6 Å². The summed E-state index contributed by atoms with van der Waals surface area (Å²) in [7, 11) is 0. The molecule has 2 amide bonds. The minimum atomic E-state index is -0.196. The number of carbonyl (C=O) groups is 2. The summed E-state index contributed by atoms with van der Waals surface area (Å²) in [5.74, 6) is -0.349. The number of nitrogens with zero attached hydrogens (tertiary/aromatic N) is 2. The van der Waals surface area contributed by atoms with Gasteiger partial charge in [0, 0.05) is 36.3 Å². The molecule has 1 aromatic heterocycles. The lowest BCUT2D eigenvalue weighted by Crippen LogP contribution is -2.14. The molecule has 0 unspecified atom stereocenters. The standard InChI is InChI=1S/C20H20N4O2/c1-14-4-9-18(22-15(2)25)12-19(14)23-20(26)17-7-5-16(6-8-17)13-24-11-3-10-21-24/h3-12H,13H2,1-2H3,(H,22,25)(H,23,26). The Bertz CT molecular complexity index is 915. The topological polar surface area (TPSA) is 76.0 Å². The molecule has 0 saturated heterocycles. The molecule has 0 fully saturated rings. The highest BCUT2D eigenvalue weighted by atomic mass is 16.2. The van der Waals surface area contributed by atoms with Gasteiger partial charge in [-0.25, -0.2) is 0 Å². The Morgan fingerprint density at radius 1 is 1.08 bits per heavy atom. The van der Waals surface area contributed by atoms with Gasteiger partial charge in [-0.2, -0.15) is 5.10 Å². The monoisotopic (exact) mass is 348 g/mol. The lowest BCUT2D eigenvalue weighted by Gasteiger charge is -2.11. The highest BCUT2D eigenvalue weighted by molar-refractivity contribution is 6.05. The zero-order valence-electron chi connectivity index (χ0n) is 14.7. The first-order chi connectivity index (χ1) is 12.5. The van der Waals surface area contributed by atoms with E-state index in [0.29, 0.717) is 23.5 Å². The van der Waals surface area contributed by atoms with Crippen LogP contribution in [0.3, 0.4) is 0 Å². The first-order valence-corrected chi connectivity index (χ1v) is 8.27. The van der Waals surface area contributed by atoms with Crippen molar-refractivity contribution in [2.45, 2.75) is 20.4 Å². The Morgan fingerprint density at radius 2 is 1.85 bits per heavy atom. The Kier molecular flexibility index (Phi) is 5.12. The summed E-state index contributed by atoms with van der Waals surface area (Å²) >= 11 is 0. The molecule has 0 aliphatic carbocycles. The van der Waals surface area contributed by atoms with Crippen molar-refractivity contribution in [2.24, 2.45) is 0 Å². The highest BCUT2D eigenvalue weighted by Crippen LogP contribution is 2.21. The van der Waals surface area contributed by atoms with Crippen LogP contribution < -0.4 is 10.6 Å². The summed E-state index contributed by atoms with van der Waals surface area (Å²) in [5, 5.41) is 9.78. The summed E-state index contributed by atoms with van der Waals surface area (Å²) < 4.78 is 1.83. The van der Waals surface area contributed by atoms with E-state index in [1.807, 2.05) is 42.1 Å². The second kappa shape index (κ2) is 7.65. The van der Waals surface area contributed by atoms with Gasteiger partial charge in [0.05, 0.1) is 6.54 Å². The lowest BCUT2D eigenvalue weighted by atomic mass is 10.1. The maximum absolute atomic E-state index is 12.5. The maximum Gasteiger partial charge on any atom is 0.255 e. The molecule has 132 valence electrons. The van der Waals surface area contributed by atoms with Crippen molar-refractivity contribution in [3.8, 4) is 0 Å². The molecule has 0 spiro atoms.